The smallest absolute Gasteiger partial charge is 0.220 e. The van der Waals surface area contributed by atoms with Gasteiger partial charge in [0, 0.05) is 24.9 Å². The third-order valence-electron chi connectivity index (χ3n) is 2.97. The highest BCUT2D eigenvalue weighted by Gasteiger charge is 2.11. The van der Waals surface area contributed by atoms with Gasteiger partial charge in [-0.25, -0.2) is 4.98 Å². The van der Waals surface area contributed by atoms with Crippen LogP contribution >= 0.6 is 11.6 Å². The maximum absolute atomic E-state index is 11.7. The highest BCUT2D eigenvalue weighted by molar-refractivity contribution is 6.33. The number of hydrogen-bond acceptors (Lipinski definition) is 3. The molecule has 1 amide bonds. The van der Waals surface area contributed by atoms with Gasteiger partial charge in [-0.2, -0.15) is 0 Å². The van der Waals surface area contributed by atoms with E-state index < -0.39 is 0 Å². The van der Waals surface area contributed by atoms with Crippen LogP contribution < -0.4 is 5.32 Å². The van der Waals surface area contributed by atoms with E-state index in [1.54, 1.807) is 12.3 Å². The fourth-order valence-electron chi connectivity index (χ4n) is 1.84. The Morgan fingerprint density at radius 3 is 2.86 bits per heavy atom. The van der Waals surface area contributed by atoms with Crippen molar-refractivity contribution < 1.29 is 9.21 Å². The van der Waals surface area contributed by atoms with E-state index in [4.69, 9.17) is 16.0 Å². The van der Waals surface area contributed by atoms with Crippen LogP contribution in [0.25, 0.3) is 11.3 Å². The lowest BCUT2D eigenvalue weighted by atomic mass is 10.2. The van der Waals surface area contributed by atoms with Crippen LogP contribution in [0.3, 0.4) is 0 Å². The summed E-state index contributed by atoms with van der Waals surface area (Å²) in [7, 11) is 0. The van der Waals surface area contributed by atoms with E-state index >= 15 is 0 Å². The molecular formula is C16H19ClN2O2. The molecule has 112 valence electrons. The lowest BCUT2D eigenvalue weighted by Gasteiger charge is -2.06. The predicted molar refractivity (Wildman–Crippen MR) is 83.1 cm³/mol. The van der Waals surface area contributed by atoms with Gasteiger partial charge in [0.25, 0.3) is 0 Å². The first-order chi connectivity index (χ1) is 10.1. The molecule has 0 aliphatic rings. The summed E-state index contributed by atoms with van der Waals surface area (Å²) in [5.74, 6) is 1.63. The molecule has 0 atom stereocenters. The maximum atomic E-state index is 11.7. The molecule has 1 N–H and O–H groups in total. The maximum Gasteiger partial charge on any atom is 0.220 e. The molecule has 0 aliphatic heterocycles. The topological polar surface area (TPSA) is 55.1 Å². The van der Waals surface area contributed by atoms with Gasteiger partial charge in [-0.15, -0.1) is 0 Å². The first-order valence-electron chi connectivity index (χ1n) is 7.02. The number of carbonyl (C=O) groups is 1. The summed E-state index contributed by atoms with van der Waals surface area (Å²) in [6.45, 7) is 4.81. The van der Waals surface area contributed by atoms with Crippen LogP contribution in [-0.4, -0.2) is 17.4 Å². The lowest BCUT2D eigenvalue weighted by molar-refractivity contribution is -0.121. The van der Waals surface area contributed by atoms with Crippen molar-refractivity contribution in [1.82, 2.24) is 10.3 Å². The zero-order chi connectivity index (χ0) is 15.2. The van der Waals surface area contributed by atoms with Gasteiger partial charge in [-0.3, -0.25) is 4.79 Å². The minimum atomic E-state index is 0.0150. The Labute approximate surface area is 129 Å². The highest BCUT2D eigenvalue weighted by Crippen LogP contribution is 2.28. The molecule has 21 heavy (non-hydrogen) atoms. The van der Waals surface area contributed by atoms with Crippen molar-refractivity contribution in [3.63, 3.8) is 0 Å². The molecule has 5 heteroatoms. The average molecular weight is 307 g/mol. The number of nitrogens with zero attached hydrogens (tertiary/aromatic N) is 1. The van der Waals surface area contributed by atoms with Gasteiger partial charge in [0.05, 0.1) is 11.2 Å². The minimum absolute atomic E-state index is 0.0150. The van der Waals surface area contributed by atoms with Gasteiger partial charge in [0.15, 0.2) is 11.7 Å². The molecule has 0 spiro atoms. The van der Waals surface area contributed by atoms with Gasteiger partial charge >= 0.3 is 0 Å². The monoisotopic (exact) mass is 306 g/mol. The minimum Gasteiger partial charge on any atom is -0.441 e. The molecule has 0 saturated heterocycles. The van der Waals surface area contributed by atoms with Crippen LogP contribution in [0.15, 0.2) is 34.9 Å². The van der Waals surface area contributed by atoms with Gasteiger partial charge in [-0.1, -0.05) is 37.6 Å². The van der Waals surface area contributed by atoms with Crippen molar-refractivity contribution in [1.29, 1.82) is 0 Å². The van der Waals surface area contributed by atoms with Crippen molar-refractivity contribution in [2.75, 3.05) is 6.54 Å². The van der Waals surface area contributed by atoms with E-state index in [-0.39, 0.29) is 5.91 Å². The molecule has 0 aliphatic carbocycles. The lowest BCUT2D eigenvalue weighted by Crippen LogP contribution is -2.27. The van der Waals surface area contributed by atoms with Gasteiger partial charge in [0.2, 0.25) is 5.91 Å². The number of rotatable bonds is 6. The second kappa shape index (κ2) is 7.27. The van der Waals surface area contributed by atoms with Gasteiger partial charge in [0.1, 0.15) is 0 Å². The van der Waals surface area contributed by atoms with Crippen molar-refractivity contribution in [3.05, 3.63) is 41.4 Å². The summed E-state index contributed by atoms with van der Waals surface area (Å²) in [6, 6.07) is 7.44. The highest BCUT2D eigenvalue weighted by atomic mass is 35.5. The number of aromatic nitrogens is 1. The molecule has 0 fully saturated rings. The van der Waals surface area contributed by atoms with Gasteiger partial charge in [-0.05, 0) is 18.1 Å². The van der Waals surface area contributed by atoms with E-state index in [0.717, 1.165) is 5.56 Å². The van der Waals surface area contributed by atoms with E-state index in [2.05, 4.69) is 24.1 Å². The largest absolute Gasteiger partial charge is 0.441 e. The third kappa shape index (κ3) is 4.60. The fraction of sp³-hybridized carbons (Fsp3) is 0.375. The summed E-state index contributed by atoms with van der Waals surface area (Å²) in [4.78, 5) is 15.8. The standard InChI is InChI=1S/C16H19ClN2O2/c1-11(2)9-18-15(20)7-8-16-19-10-14(21-16)12-5-3-4-6-13(12)17/h3-6,10-11H,7-9H2,1-2H3,(H,18,20). The number of hydrogen-bond donors (Lipinski definition) is 1. The normalized spacial score (nSPS) is 10.9. The van der Waals surface area contributed by atoms with Crippen molar-refractivity contribution >= 4 is 17.5 Å². The van der Waals surface area contributed by atoms with Crippen LogP contribution in [0.4, 0.5) is 0 Å². The molecule has 4 nitrogen and oxygen atoms in total. The van der Waals surface area contributed by atoms with Crippen molar-refractivity contribution in [2.45, 2.75) is 26.7 Å². The summed E-state index contributed by atoms with van der Waals surface area (Å²) in [5.41, 5.74) is 0.808. The molecule has 1 heterocycles. The zero-order valence-corrected chi connectivity index (χ0v) is 13.0. The molecule has 2 rings (SSSR count). The Kier molecular flexibility index (Phi) is 5.39. The number of halogens is 1. The number of aryl methyl sites for hydroxylation is 1. The van der Waals surface area contributed by atoms with Crippen LogP contribution in [0.5, 0.6) is 0 Å². The predicted octanol–water partition coefficient (Wildman–Crippen LogP) is 3.70. The summed E-state index contributed by atoms with van der Waals surface area (Å²) < 4.78 is 5.65. The van der Waals surface area contributed by atoms with E-state index in [0.29, 0.717) is 42.0 Å². The Bertz CT molecular complexity index is 608. The number of oxazole rings is 1. The Morgan fingerprint density at radius 2 is 2.14 bits per heavy atom. The number of nitrogens with one attached hydrogen (secondary N) is 1. The third-order valence-corrected chi connectivity index (χ3v) is 3.30. The van der Waals surface area contributed by atoms with Crippen LogP contribution in [0.2, 0.25) is 5.02 Å². The molecule has 0 saturated carbocycles. The molecule has 0 bridgehead atoms. The second-order valence-corrected chi connectivity index (χ2v) is 5.70. The number of carbonyl (C=O) groups excluding carboxylic acids is 1. The van der Waals surface area contributed by atoms with E-state index in [1.807, 2.05) is 18.2 Å². The summed E-state index contributed by atoms with van der Waals surface area (Å²) in [5, 5.41) is 3.49. The number of amides is 1. The van der Waals surface area contributed by atoms with E-state index in [1.165, 1.54) is 0 Å². The van der Waals surface area contributed by atoms with Gasteiger partial charge < -0.3 is 9.73 Å². The molecular weight excluding hydrogens is 288 g/mol. The van der Waals surface area contributed by atoms with Crippen LogP contribution in [0, 0.1) is 5.92 Å². The second-order valence-electron chi connectivity index (χ2n) is 5.30. The molecule has 1 aromatic heterocycles. The van der Waals surface area contributed by atoms with Crippen molar-refractivity contribution in [3.8, 4) is 11.3 Å². The van der Waals surface area contributed by atoms with E-state index in [9.17, 15) is 4.79 Å². The average Bonchev–Trinajstić information content (AvgIpc) is 2.92. The summed E-state index contributed by atoms with van der Waals surface area (Å²) >= 11 is 6.11. The SMILES string of the molecule is CC(C)CNC(=O)CCc1ncc(-c2ccccc2Cl)o1. The molecule has 2 aromatic rings. The molecule has 0 unspecified atom stereocenters. The molecule has 1 aromatic carbocycles. The quantitative estimate of drug-likeness (QED) is 0.885. The van der Waals surface area contributed by atoms with Crippen LogP contribution in [-0.2, 0) is 11.2 Å². The Hall–Kier alpha value is -1.81. The number of benzene rings is 1. The zero-order valence-electron chi connectivity index (χ0n) is 12.2. The fourth-order valence-corrected chi connectivity index (χ4v) is 2.07. The van der Waals surface area contributed by atoms with Crippen LogP contribution in [0.1, 0.15) is 26.2 Å². The summed E-state index contributed by atoms with van der Waals surface area (Å²) in [6.07, 6.45) is 2.49. The molecule has 0 radical (unpaired) electrons. The Morgan fingerprint density at radius 1 is 1.38 bits per heavy atom. The first-order valence-corrected chi connectivity index (χ1v) is 7.40. The Balaban J connectivity index is 1.92. The van der Waals surface area contributed by atoms with Crippen molar-refractivity contribution in [2.24, 2.45) is 5.92 Å². The first kappa shape index (κ1) is 15.6.